The van der Waals surface area contributed by atoms with Crippen molar-refractivity contribution >= 4 is 13.8 Å². The highest BCUT2D eigenvalue weighted by Crippen LogP contribution is 2.43. The van der Waals surface area contributed by atoms with Gasteiger partial charge in [-0.3, -0.25) is 13.8 Å². The lowest BCUT2D eigenvalue weighted by Crippen LogP contribution is -2.37. The normalized spacial score (nSPS) is 13.6. The maximum Gasteiger partial charge on any atom is 0.472 e. The van der Waals surface area contributed by atoms with Gasteiger partial charge in [0, 0.05) is 13.0 Å². The quantitative estimate of drug-likeness (QED) is 0.0283. The van der Waals surface area contributed by atoms with Crippen molar-refractivity contribution in [1.29, 1.82) is 0 Å². The van der Waals surface area contributed by atoms with Gasteiger partial charge in [0.2, 0.25) is 0 Å². The van der Waals surface area contributed by atoms with Gasteiger partial charge >= 0.3 is 13.8 Å². The molecule has 0 aromatic rings. The zero-order valence-electron chi connectivity index (χ0n) is 38.2. The molecule has 0 fully saturated rings. The van der Waals surface area contributed by atoms with Crippen molar-refractivity contribution in [3.63, 3.8) is 0 Å². The van der Waals surface area contributed by atoms with Crippen LogP contribution >= 0.6 is 7.82 Å². The van der Waals surface area contributed by atoms with Crippen LogP contribution < -0.4 is 0 Å². The monoisotopic (exact) mass is 819 g/mol. The fraction of sp³-hybridized carbons (Fsp3) is 0.979. The predicted octanol–water partition coefficient (Wildman–Crippen LogP) is 14.4. The maximum atomic E-state index is 12.7. The van der Waals surface area contributed by atoms with Crippen molar-refractivity contribution in [2.45, 2.75) is 245 Å². The number of quaternary nitrogens is 1. The highest BCUT2D eigenvalue weighted by molar-refractivity contribution is 7.47. The fourth-order valence-corrected chi connectivity index (χ4v) is 7.89. The number of phosphoric acid groups is 1. The van der Waals surface area contributed by atoms with E-state index >= 15 is 0 Å². The molecule has 0 saturated heterocycles. The number of ether oxygens (including phenoxy) is 2. The van der Waals surface area contributed by atoms with E-state index in [9.17, 15) is 14.3 Å². The van der Waals surface area contributed by atoms with Crippen LogP contribution in [0.1, 0.15) is 239 Å². The van der Waals surface area contributed by atoms with Gasteiger partial charge in [-0.25, -0.2) is 4.57 Å². The molecule has 0 saturated carbocycles. The fourth-order valence-electron chi connectivity index (χ4n) is 7.14. The number of hydrogen-bond donors (Lipinski definition) is 1. The SMILES string of the molecule is CCCCCCCCCCCCCCCCCCCCCCCCCCCC(=O)OC(COCCCCCCCCCCC)COP(=O)(O)OCC[N+](C)(C)C. The number of phosphoric ester groups is 1. The van der Waals surface area contributed by atoms with Crippen molar-refractivity contribution in [2.75, 3.05) is 54.1 Å². The van der Waals surface area contributed by atoms with Crippen LogP contribution in [0.15, 0.2) is 0 Å². The lowest BCUT2D eigenvalue weighted by atomic mass is 10.0. The molecule has 0 spiro atoms. The molecule has 0 amide bonds. The summed E-state index contributed by atoms with van der Waals surface area (Å²) in [7, 11) is 1.69. The number of nitrogens with zero attached hydrogens (tertiary/aromatic N) is 1. The summed E-state index contributed by atoms with van der Waals surface area (Å²) in [5.74, 6) is -0.307. The molecule has 0 aliphatic heterocycles. The van der Waals surface area contributed by atoms with E-state index in [4.69, 9.17) is 18.5 Å². The molecule has 9 heteroatoms. The second kappa shape index (κ2) is 41.2. The highest BCUT2D eigenvalue weighted by Gasteiger charge is 2.26. The molecule has 2 unspecified atom stereocenters. The van der Waals surface area contributed by atoms with Crippen LogP contribution in [0, 0.1) is 0 Å². The first kappa shape index (κ1) is 55.5. The van der Waals surface area contributed by atoms with Gasteiger partial charge in [-0.15, -0.1) is 0 Å². The number of hydrogen-bond acceptors (Lipinski definition) is 6. The van der Waals surface area contributed by atoms with Gasteiger partial charge in [-0.2, -0.15) is 0 Å². The Morgan fingerprint density at radius 1 is 0.482 bits per heavy atom. The van der Waals surface area contributed by atoms with E-state index in [0.717, 1.165) is 32.1 Å². The number of likely N-dealkylation sites (N-methyl/N-ethyl adjacent to an activating group) is 1. The minimum Gasteiger partial charge on any atom is -0.457 e. The Morgan fingerprint density at radius 2 is 0.821 bits per heavy atom. The van der Waals surface area contributed by atoms with Crippen LogP contribution in [0.3, 0.4) is 0 Å². The second-order valence-corrected chi connectivity index (χ2v) is 19.3. The number of carbonyl (C=O) groups is 1. The van der Waals surface area contributed by atoms with Crippen LogP contribution in [0.4, 0.5) is 0 Å². The van der Waals surface area contributed by atoms with E-state index in [-0.39, 0.29) is 25.8 Å². The third-order valence-electron chi connectivity index (χ3n) is 10.9. The molecule has 0 bridgehead atoms. The van der Waals surface area contributed by atoms with Crippen molar-refractivity contribution in [2.24, 2.45) is 0 Å². The summed E-state index contributed by atoms with van der Waals surface area (Å²) in [5.41, 5.74) is 0. The highest BCUT2D eigenvalue weighted by atomic mass is 31.2. The molecule has 2 atom stereocenters. The number of carbonyl (C=O) groups excluding carboxylic acids is 1. The van der Waals surface area contributed by atoms with E-state index in [0.29, 0.717) is 24.1 Å². The maximum absolute atomic E-state index is 12.7. The molecule has 0 heterocycles. The van der Waals surface area contributed by atoms with Gasteiger partial charge in [0.05, 0.1) is 34.4 Å². The first-order valence-electron chi connectivity index (χ1n) is 24.3. The van der Waals surface area contributed by atoms with E-state index in [1.54, 1.807) is 0 Å². The molecule has 0 aliphatic rings. The van der Waals surface area contributed by atoms with Gasteiger partial charge in [0.1, 0.15) is 19.3 Å². The van der Waals surface area contributed by atoms with Gasteiger partial charge in [-0.05, 0) is 12.8 Å². The first-order valence-corrected chi connectivity index (χ1v) is 25.8. The Morgan fingerprint density at radius 3 is 1.18 bits per heavy atom. The van der Waals surface area contributed by atoms with Crippen LogP contribution in [0.2, 0.25) is 0 Å². The first-order chi connectivity index (χ1) is 27.1. The van der Waals surface area contributed by atoms with Crippen molar-refractivity contribution < 1.29 is 37.3 Å². The van der Waals surface area contributed by atoms with Crippen molar-refractivity contribution in [1.82, 2.24) is 0 Å². The molecule has 0 radical (unpaired) electrons. The van der Waals surface area contributed by atoms with Crippen LogP contribution in [-0.2, 0) is 27.9 Å². The van der Waals surface area contributed by atoms with E-state index in [2.05, 4.69) is 13.8 Å². The van der Waals surface area contributed by atoms with Gasteiger partial charge in [0.25, 0.3) is 0 Å². The molecular formula is C47H97NO7P+. The van der Waals surface area contributed by atoms with E-state index < -0.39 is 13.9 Å². The van der Waals surface area contributed by atoms with Crippen molar-refractivity contribution in [3.8, 4) is 0 Å². The lowest BCUT2D eigenvalue weighted by Gasteiger charge is -2.24. The topological polar surface area (TPSA) is 91.3 Å². The zero-order valence-corrected chi connectivity index (χ0v) is 39.0. The molecule has 0 aliphatic carbocycles. The lowest BCUT2D eigenvalue weighted by molar-refractivity contribution is -0.870. The molecule has 0 aromatic carbocycles. The smallest absolute Gasteiger partial charge is 0.457 e. The third-order valence-corrected chi connectivity index (χ3v) is 11.9. The molecular weight excluding hydrogens is 721 g/mol. The van der Waals surface area contributed by atoms with E-state index in [1.165, 1.54) is 186 Å². The summed E-state index contributed by atoms with van der Waals surface area (Å²) in [6, 6.07) is 0. The summed E-state index contributed by atoms with van der Waals surface area (Å²) in [5, 5.41) is 0. The second-order valence-electron chi connectivity index (χ2n) is 17.9. The number of esters is 1. The minimum atomic E-state index is -4.26. The molecule has 336 valence electrons. The summed E-state index contributed by atoms with van der Waals surface area (Å²) < 4.78 is 35.0. The van der Waals surface area contributed by atoms with Crippen molar-refractivity contribution in [3.05, 3.63) is 0 Å². The zero-order chi connectivity index (χ0) is 41.3. The van der Waals surface area contributed by atoms with Gasteiger partial charge in [-0.1, -0.05) is 219 Å². The Bertz CT molecular complexity index is 868. The molecule has 8 nitrogen and oxygen atoms in total. The number of rotatable bonds is 46. The van der Waals surface area contributed by atoms with E-state index in [1.807, 2.05) is 21.1 Å². The predicted molar refractivity (Wildman–Crippen MR) is 238 cm³/mol. The minimum absolute atomic E-state index is 0.0937. The molecule has 0 rings (SSSR count). The molecule has 56 heavy (non-hydrogen) atoms. The van der Waals surface area contributed by atoms with Crippen LogP contribution in [-0.4, -0.2) is 75.6 Å². The average Bonchev–Trinajstić information content (AvgIpc) is 3.15. The van der Waals surface area contributed by atoms with Crippen LogP contribution in [0.25, 0.3) is 0 Å². The summed E-state index contributed by atoms with van der Waals surface area (Å²) in [4.78, 5) is 22.9. The molecule has 1 N–H and O–H groups in total. The Hall–Kier alpha value is -0.500. The molecule has 0 aromatic heterocycles. The van der Waals surface area contributed by atoms with Crippen LogP contribution in [0.5, 0.6) is 0 Å². The Labute approximate surface area is 348 Å². The standard InChI is InChI=1S/C47H96NO7P/c1-6-8-10-12-14-16-17-18-19-20-21-22-23-24-25-26-27-28-29-30-31-32-34-36-38-40-47(49)55-46(45-54-56(50,51)53-43-41-48(3,4)5)44-52-42-39-37-35-33-15-13-11-9-7-2/h46H,6-45H2,1-5H3/p+1. The number of unbranched alkanes of at least 4 members (excludes halogenated alkanes) is 32. The average molecular weight is 819 g/mol. The van der Waals surface area contributed by atoms with Gasteiger partial charge in [0.15, 0.2) is 0 Å². The summed E-state index contributed by atoms with van der Waals surface area (Å²) in [6.45, 7) is 5.67. The largest absolute Gasteiger partial charge is 0.472 e. The summed E-state index contributed by atoms with van der Waals surface area (Å²) >= 11 is 0. The summed E-state index contributed by atoms with van der Waals surface area (Å²) in [6.07, 6.45) is 44.4. The Balaban J connectivity index is 3.95. The third kappa shape index (κ3) is 44.6. The van der Waals surface area contributed by atoms with Gasteiger partial charge < -0.3 is 18.9 Å². The Kier molecular flexibility index (Phi) is 40.9.